The number of benzene rings is 1. The third-order valence-corrected chi connectivity index (χ3v) is 4.44. The van der Waals surface area contributed by atoms with Crippen LogP contribution in [0.4, 0.5) is 5.69 Å². The number of nitrogens with zero attached hydrogens (tertiary/aromatic N) is 1. The molecule has 0 saturated carbocycles. The average molecular weight is 279 g/mol. The molecule has 1 fully saturated rings. The maximum absolute atomic E-state index is 9.03. The number of nitrogens with one attached hydrogen (secondary N) is 1. The molecule has 1 unspecified atom stereocenters. The Balaban J connectivity index is 2.28. The van der Waals surface area contributed by atoms with Crippen LogP contribution in [0.2, 0.25) is 0 Å². The van der Waals surface area contributed by atoms with Crippen molar-refractivity contribution in [3.8, 4) is 0 Å². The summed E-state index contributed by atoms with van der Waals surface area (Å²) in [5.74, 6) is 0.674. The number of hydrogen-bond acceptors (Lipinski definition) is 4. The van der Waals surface area contributed by atoms with E-state index in [1.54, 1.807) is 11.8 Å². The highest BCUT2D eigenvalue weighted by atomic mass is 32.2. The highest BCUT2D eigenvalue weighted by Crippen LogP contribution is 2.33. The molecular weight excluding hydrogens is 258 g/mol. The van der Waals surface area contributed by atoms with E-state index < -0.39 is 0 Å². The largest absolute Gasteiger partial charge is 0.396 e. The Hall–Kier alpha value is -1.20. The highest BCUT2D eigenvalue weighted by molar-refractivity contribution is 7.98. The quantitative estimate of drug-likeness (QED) is 0.437. The molecule has 0 spiro atoms. The molecule has 19 heavy (non-hydrogen) atoms. The molecule has 0 amide bonds. The first kappa shape index (κ1) is 14.2. The van der Waals surface area contributed by atoms with Crippen LogP contribution in [-0.4, -0.2) is 36.9 Å². The number of hydrogen-bond donors (Lipinski definition) is 3. The maximum Gasteiger partial charge on any atom is 0.126 e. The minimum atomic E-state index is 0.130. The molecule has 104 valence electrons. The Labute approximate surface area is 118 Å². The van der Waals surface area contributed by atoms with Gasteiger partial charge >= 0.3 is 0 Å². The summed E-state index contributed by atoms with van der Waals surface area (Å²) in [5.41, 5.74) is 7.66. The molecule has 1 aromatic rings. The summed E-state index contributed by atoms with van der Waals surface area (Å²) >= 11 is 1.62. The molecule has 0 aliphatic carbocycles. The standard InChI is InChI=1S/C14H21N3OS/c1-19-12-4-2-3-11(13(12)14(15)16)17-7-5-10(9-17)6-8-18/h2-4,10,18H,5-9H2,1H3,(H3,15,16). The SMILES string of the molecule is CSc1cccc(N2CCC(CCO)C2)c1C(=N)N. The zero-order valence-corrected chi connectivity index (χ0v) is 12.0. The van der Waals surface area contributed by atoms with Crippen molar-refractivity contribution in [2.45, 2.75) is 17.7 Å². The number of nitrogen functional groups attached to an aromatic ring is 1. The van der Waals surface area contributed by atoms with E-state index in [1.807, 2.05) is 24.5 Å². The van der Waals surface area contributed by atoms with Gasteiger partial charge in [0.1, 0.15) is 5.84 Å². The Morgan fingerprint density at radius 3 is 3.00 bits per heavy atom. The van der Waals surface area contributed by atoms with Crippen molar-refractivity contribution in [3.63, 3.8) is 0 Å². The zero-order chi connectivity index (χ0) is 13.8. The number of rotatable bonds is 5. The van der Waals surface area contributed by atoms with Crippen molar-refractivity contribution in [3.05, 3.63) is 23.8 Å². The number of aliphatic hydroxyl groups excluding tert-OH is 1. The van der Waals surface area contributed by atoms with E-state index in [0.29, 0.717) is 5.92 Å². The average Bonchev–Trinajstić information content (AvgIpc) is 2.86. The molecule has 1 saturated heterocycles. The first-order valence-electron chi connectivity index (χ1n) is 6.54. The molecule has 5 heteroatoms. The monoisotopic (exact) mass is 279 g/mol. The molecule has 1 aliphatic heterocycles. The van der Waals surface area contributed by atoms with Gasteiger partial charge in [0.25, 0.3) is 0 Å². The number of aliphatic hydroxyl groups is 1. The lowest BCUT2D eigenvalue weighted by molar-refractivity contribution is 0.263. The molecule has 1 heterocycles. The van der Waals surface area contributed by atoms with E-state index in [0.717, 1.165) is 42.1 Å². The predicted molar refractivity (Wildman–Crippen MR) is 81.3 cm³/mol. The second-order valence-electron chi connectivity index (χ2n) is 4.88. The number of thioether (sulfide) groups is 1. The second-order valence-corrected chi connectivity index (χ2v) is 5.73. The summed E-state index contributed by atoms with van der Waals surface area (Å²) in [6.07, 6.45) is 3.96. The van der Waals surface area contributed by atoms with E-state index in [9.17, 15) is 0 Å². The van der Waals surface area contributed by atoms with Crippen molar-refractivity contribution in [2.75, 3.05) is 30.9 Å². The molecule has 0 bridgehead atoms. The third-order valence-electron chi connectivity index (χ3n) is 3.66. The maximum atomic E-state index is 9.03. The number of nitrogens with two attached hydrogens (primary N) is 1. The van der Waals surface area contributed by atoms with Gasteiger partial charge in [-0.2, -0.15) is 0 Å². The minimum Gasteiger partial charge on any atom is -0.396 e. The molecule has 1 atom stereocenters. The first-order chi connectivity index (χ1) is 9.17. The van der Waals surface area contributed by atoms with Gasteiger partial charge in [0.05, 0.1) is 5.56 Å². The Bertz CT molecular complexity index is 464. The van der Waals surface area contributed by atoms with Gasteiger partial charge < -0.3 is 15.7 Å². The van der Waals surface area contributed by atoms with Gasteiger partial charge in [-0.05, 0) is 37.1 Å². The van der Waals surface area contributed by atoms with Crippen LogP contribution in [0.25, 0.3) is 0 Å². The fraction of sp³-hybridized carbons (Fsp3) is 0.500. The smallest absolute Gasteiger partial charge is 0.126 e. The van der Waals surface area contributed by atoms with E-state index in [2.05, 4.69) is 4.90 Å². The Morgan fingerprint density at radius 2 is 2.37 bits per heavy atom. The molecular formula is C14H21N3OS. The van der Waals surface area contributed by atoms with Crippen molar-refractivity contribution in [1.82, 2.24) is 0 Å². The fourth-order valence-electron chi connectivity index (χ4n) is 2.69. The highest BCUT2D eigenvalue weighted by Gasteiger charge is 2.25. The van der Waals surface area contributed by atoms with Gasteiger partial charge in [0, 0.05) is 30.3 Å². The summed E-state index contributed by atoms with van der Waals surface area (Å²) in [5, 5.41) is 16.8. The van der Waals surface area contributed by atoms with Crippen LogP contribution in [0.1, 0.15) is 18.4 Å². The van der Waals surface area contributed by atoms with Gasteiger partial charge in [-0.15, -0.1) is 11.8 Å². The first-order valence-corrected chi connectivity index (χ1v) is 7.77. The van der Waals surface area contributed by atoms with E-state index in [4.69, 9.17) is 16.2 Å². The zero-order valence-electron chi connectivity index (χ0n) is 11.2. The molecule has 0 aromatic heterocycles. The van der Waals surface area contributed by atoms with Crippen LogP contribution in [0.3, 0.4) is 0 Å². The van der Waals surface area contributed by atoms with Gasteiger partial charge in [-0.1, -0.05) is 6.07 Å². The fourth-order valence-corrected chi connectivity index (χ4v) is 3.33. The van der Waals surface area contributed by atoms with E-state index in [1.165, 1.54) is 0 Å². The van der Waals surface area contributed by atoms with Crippen LogP contribution in [0.15, 0.2) is 23.1 Å². The van der Waals surface area contributed by atoms with Crippen LogP contribution < -0.4 is 10.6 Å². The van der Waals surface area contributed by atoms with Crippen LogP contribution >= 0.6 is 11.8 Å². The molecule has 0 radical (unpaired) electrons. The van der Waals surface area contributed by atoms with E-state index >= 15 is 0 Å². The van der Waals surface area contributed by atoms with Crippen molar-refractivity contribution >= 4 is 23.3 Å². The van der Waals surface area contributed by atoms with Gasteiger partial charge in [0.2, 0.25) is 0 Å². The lowest BCUT2D eigenvalue weighted by Gasteiger charge is -2.23. The van der Waals surface area contributed by atoms with Crippen molar-refractivity contribution < 1.29 is 5.11 Å². The van der Waals surface area contributed by atoms with Gasteiger partial charge in [-0.25, -0.2) is 0 Å². The summed E-state index contributed by atoms with van der Waals surface area (Å²) in [4.78, 5) is 3.34. The van der Waals surface area contributed by atoms with Gasteiger partial charge in [-0.3, -0.25) is 5.41 Å². The molecule has 1 aliphatic rings. The normalized spacial score (nSPS) is 18.8. The summed E-state index contributed by atoms with van der Waals surface area (Å²) in [6.45, 7) is 2.17. The summed E-state index contributed by atoms with van der Waals surface area (Å²) in [7, 11) is 0. The van der Waals surface area contributed by atoms with Crippen molar-refractivity contribution in [2.24, 2.45) is 11.7 Å². The minimum absolute atomic E-state index is 0.130. The van der Waals surface area contributed by atoms with Gasteiger partial charge in [0.15, 0.2) is 0 Å². The predicted octanol–water partition coefficient (Wildman–Crippen LogP) is 1.90. The van der Waals surface area contributed by atoms with Crippen LogP contribution in [0.5, 0.6) is 0 Å². The van der Waals surface area contributed by atoms with Crippen LogP contribution in [-0.2, 0) is 0 Å². The molecule has 4 N–H and O–H groups in total. The number of anilines is 1. The van der Waals surface area contributed by atoms with Crippen molar-refractivity contribution in [1.29, 1.82) is 5.41 Å². The Morgan fingerprint density at radius 1 is 1.58 bits per heavy atom. The molecule has 2 rings (SSSR count). The molecule has 1 aromatic carbocycles. The molecule has 4 nitrogen and oxygen atoms in total. The second kappa shape index (κ2) is 6.30. The lowest BCUT2D eigenvalue weighted by atomic mass is 10.1. The summed E-state index contributed by atoms with van der Waals surface area (Å²) < 4.78 is 0. The topological polar surface area (TPSA) is 73.3 Å². The Kier molecular flexibility index (Phi) is 4.71. The summed E-state index contributed by atoms with van der Waals surface area (Å²) in [6, 6.07) is 6.07. The lowest BCUT2D eigenvalue weighted by Crippen LogP contribution is -2.25. The van der Waals surface area contributed by atoms with E-state index in [-0.39, 0.29) is 12.4 Å². The van der Waals surface area contributed by atoms with Crippen LogP contribution in [0, 0.1) is 11.3 Å². The number of amidine groups is 1. The third kappa shape index (κ3) is 3.04.